The maximum Gasteiger partial charge on any atom is 0.338 e. The smallest absolute Gasteiger partial charge is 0.338 e. The zero-order valence-electron chi connectivity index (χ0n) is 27.1. The molecule has 1 atom stereocenters. The second kappa shape index (κ2) is 12.2. The molecule has 0 amide bonds. The maximum absolute atomic E-state index is 14.4. The molecular formula is C37H40N2O5S. The number of thiazole rings is 1. The number of carbonyl (C=O) groups is 1. The number of phenols is 1. The van der Waals surface area contributed by atoms with E-state index in [1.807, 2.05) is 72.8 Å². The predicted octanol–water partition coefficient (Wildman–Crippen LogP) is 6.24. The van der Waals surface area contributed by atoms with Gasteiger partial charge in [-0.3, -0.25) is 9.36 Å². The zero-order valence-corrected chi connectivity index (χ0v) is 27.9. The molecule has 0 saturated heterocycles. The molecule has 5 rings (SSSR count). The monoisotopic (exact) mass is 624 g/mol. The Bertz CT molecular complexity index is 1940. The molecule has 0 radical (unpaired) electrons. The number of ether oxygens (including phenoxy) is 2. The number of methoxy groups -OCH3 is 1. The average Bonchev–Trinajstić information content (AvgIpc) is 3.30. The molecule has 7 nitrogen and oxygen atoms in total. The van der Waals surface area contributed by atoms with E-state index in [-0.39, 0.29) is 34.3 Å². The van der Waals surface area contributed by atoms with Crippen molar-refractivity contribution in [1.29, 1.82) is 0 Å². The molecule has 2 heterocycles. The Hall–Kier alpha value is -4.43. The molecule has 0 saturated carbocycles. The predicted molar refractivity (Wildman–Crippen MR) is 180 cm³/mol. The van der Waals surface area contributed by atoms with E-state index in [2.05, 4.69) is 41.5 Å². The summed E-state index contributed by atoms with van der Waals surface area (Å²) in [5, 5.41) is 11.3. The normalized spacial score (nSPS) is 15.5. The molecule has 4 aromatic rings. The third kappa shape index (κ3) is 6.25. The van der Waals surface area contributed by atoms with Crippen molar-refractivity contribution in [3.8, 4) is 11.5 Å². The first-order valence-corrected chi connectivity index (χ1v) is 15.9. The lowest BCUT2D eigenvalue weighted by Crippen LogP contribution is -2.40. The highest BCUT2D eigenvalue weighted by Gasteiger charge is 2.35. The van der Waals surface area contributed by atoms with E-state index in [9.17, 15) is 14.7 Å². The highest BCUT2D eigenvalue weighted by molar-refractivity contribution is 7.07. The summed E-state index contributed by atoms with van der Waals surface area (Å²) in [4.78, 5) is 33.5. The van der Waals surface area contributed by atoms with Crippen LogP contribution in [0.15, 0.2) is 82.1 Å². The molecule has 234 valence electrons. The molecule has 0 bridgehead atoms. The minimum Gasteiger partial charge on any atom is -0.507 e. The fourth-order valence-corrected chi connectivity index (χ4v) is 6.60. The van der Waals surface area contributed by atoms with Gasteiger partial charge in [-0.2, -0.15) is 0 Å². The van der Waals surface area contributed by atoms with Crippen LogP contribution in [0.5, 0.6) is 11.5 Å². The standard InChI is InChI=1S/C37H40N2O5S/c1-9-44-34(42)29-30(23-14-11-10-12-15-23)38-35-39(31(29)24-16-13-17-25(21-24)43-8)33(41)28(45-35)20-22-18-26(36(2,3)4)32(40)27(19-22)37(5,6)7/h10-21,31,40H,9H2,1-8H3/b28-20+/t31-/m1/s1. The zero-order chi connectivity index (χ0) is 32.7. The second-order valence-corrected chi connectivity index (χ2v) is 14.2. The van der Waals surface area contributed by atoms with Gasteiger partial charge in [-0.05, 0) is 59.2 Å². The van der Waals surface area contributed by atoms with Gasteiger partial charge in [0.2, 0.25) is 0 Å². The number of carbonyl (C=O) groups excluding carboxylic acids is 1. The lowest BCUT2D eigenvalue weighted by molar-refractivity contribution is -0.138. The lowest BCUT2D eigenvalue weighted by atomic mass is 9.78. The van der Waals surface area contributed by atoms with E-state index in [0.29, 0.717) is 26.3 Å². The van der Waals surface area contributed by atoms with Gasteiger partial charge in [0.05, 0.1) is 35.6 Å². The summed E-state index contributed by atoms with van der Waals surface area (Å²) < 4.78 is 13.1. The highest BCUT2D eigenvalue weighted by atomic mass is 32.1. The quantitative estimate of drug-likeness (QED) is 0.257. The van der Waals surface area contributed by atoms with Crippen LogP contribution in [-0.2, 0) is 20.4 Å². The van der Waals surface area contributed by atoms with Crippen molar-refractivity contribution < 1.29 is 19.4 Å². The van der Waals surface area contributed by atoms with Gasteiger partial charge < -0.3 is 14.6 Å². The van der Waals surface area contributed by atoms with Crippen molar-refractivity contribution in [3.63, 3.8) is 0 Å². The molecule has 1 aliphatic rings. The molecule has 1 aliphatic heterocycles. The van der Waals surface area contributed by atoms with Crippen LogP contribution in [0.4, 0.5) is 0 Å². The van der Waals surface area contributed by atoms with E-state index in [0.717, 1.165) is 22.3 Å². The van der Waals surface area contributed by atoms with Crippen LogP contribution in [-0.4, -0.2) is 29.4 Å². The van der Waals surface area contributed by atoms with Crippen LogP contribution in [0.1, 0.15) is 82.3 Å². The minimum absolute atomic E-state index is 0.173. The van der Waals surface area contributed by atoms with Crippen molar-refractivity contribution in [3.05, 3.63) is 120 Å². The van der Waals surface area contributed by atoms with Gasteiger partial charge in [-0.1, -0.05) is 95.3 Å². The molecule has 45 heavy (non-hydrogen) atoms. The first-order valence-electron chi connectivity index (χ1n) is 15.0. The Balaban J connectivity index is 1.84. The Kier molecular flexibility index (Phi) is 8.64. The summed E-state index contributed by atoms with van der Waals surface area (Å²) in [5.74, 6) is 0.341. The first kappa shape index (κ1) is 32.0. The molecule has 0 spiro atoms. The number of nitrogens with zero attached hydrogens (tertiary/aromatic N) is 2. The van der Waals surface area contributed by atoms with Gasteiger partial charge in [0.15, 0.2) is 4.80 Å². The molecular weight excluding hydrogens is 584 g/mol. The van der Waals surface area contributed by atoms with E-state index >= 15 is 0 Å². The number of aromatic hydroxyl groups is 1. The summed E-state index contributed by atoms with van der Waals surface area (Å²) >= 11 is 1.27. The lowest BCUT2D eigenvalue weighted by Gasteiger charge is -2.27. The van der Waals surface area contributed by atoms with Crippen LogP contribution in [0, 0.1) is 0 Å². The van der Waals surface area contributed by atoms with Gasteiger partial charge in [0.1, 0.15) is 11.5 Å². The first-order chi connectivity index (χ1) is 21.2. The summed E-state index contributed by atoms with van der Waals surface area (Å²) in [6.07, 6.45) is 1.85. The Morgan fingerprint density at radius 1 is 0.978 bits per heavy atom. The number of esters is 1. The van der Waals surface area contributed by atoms with E-state index in [4.69, 9.17) is 14.5 Å². The molecule has 0 fully saturated rings. The summed E-state index contributed by atoms with van der Waals surface area (Å²) in [6.45, 7) is 14.3. The number of hydrogen-bond donors (Lipinski definition) is 1. The molecule has 3 aromatic carbocycles. The van der Waals surface area contributed by atoms with Crippen molar-refractivity contribution in [2.24, 2.45) is 4.99 Å². The van der Waals surface area contributed by atoms with E-state index in [1.165, 1.54) is 11.3 Å². The topological polar surface area (TPSA) is 90.1 Å². The van der Waals surface area contributed by atoms with Gasteiger partial charge in [-0.25, -0.2) is 9.79 Å². The number of benzene rings is 3. The number of rotatable bonds is 6. The molecule has 1 N–H and O–H groups in total. The van der Waals surface area contributed by atoms with E-state index in [1.54, 1.807) is 18.6 Å². The summed E-state index contributed by atoms with van der Waals surface area (Å²) in [6, 6.07) is 19.9. The maximum atomic E-state index is 14.4. The fraction of sp³-hybridized carbons (Fsp3) is 0.324. The average molecular weight is 625 g/mol. The van der Waals surface area contributed by atoms with Crippen LogP contribution < -0.4 is 19.6 Å². The van der Waals surface area contributed by atoms with Gasteiger partial charge >= 0.3 is 5.97 Å². The van der Waals surface area contributed by atoms with Crippen LogP contribution in [0.3, 0.4) is 0 Å². The molecule has 8 heteroatoms. The second-order valence-electron chi connectivity index (χ2n) is 13.2. The Labute approximate surface area is 267 Å². The van der Waals surface area contributed by atoms with Crippen LogP contribution in [0.2, 0.25) is 0 Å². The Morgan fingerprint density at radius 3 is 2.20 bits per heavy atom. The van der Waals surface area contributed by atoms with Crippen molar-refractivity contribution >= 4 is 29.1 Å². The molecule has 0 aliphatic carbocycles. The van der Waals surface area contributed by atoms with Crippen molar-refractivity contribution in [1.82, 2.24) is 4.57 Å². The Morgan fingerprint density at radius 2 is 1.62 bits per heavy atom. The minimum atomic E-state index is -0.803. The fourth-order valence-electron chi connectivity index (χ4n) is 5.60. The molecule has 1 aromatic heterocycles. The van der Waals surface area contributed by atoms with Gasteiger partial charge in [-0.15, -0.1) is 0 Å². The highest BCUT2D eigenvalue weighted by Crippen LogP contribution is 2.40. The van der Waals surface area contributed by atoms with Crippen molar-refractivity contribution in [2.75, 3.05) is 13.7 Å². The summed E-state index contributed by atoms with van der Waals surface area (Å²) in [7, 11) is 1.58. The van der Waals surface area contributed by atoms with Crippen LogP contribution >= 0.6 is 11.3 Å². The molecule has 0 unspecified atom stereocenters. The largest absolute Gasteiger partial charge is 0.507 e. The van der Waals surface area contributed by atoms with Crippen LogP contribution in [0.25, 0.3) is 11.8 Å². The number of fused-ring (bicyclic) bond motifs is 1. The van der Waals surface area contributed by atoms with Gasteiger partial charge in [0.25, 0.3) is 5.56 Å². The van der Waals surface area contributed by atoms with E-state index < -0.39 is 12.0 Å². The SMILES string of the molecule is CCOC(=O)C1=C(c2ccccc2)N=c2s/c(=C/c3cc(C(C)(C)C)c(O)c(C(C)(C)C)c3)c(=O)n2[C@@H]1c1cccc(OC)c1. The number of aromatic nitrogens is 1. The number of phenolic OH excluding ortho intramolecular Hbond substituents is 1. The summed E-state index contributed by atoms with van der Waals surface area (Å²) in [5.41, 5.74) is 3.67. The third-order valence-electron chi connectivity index (χ3n) is 7.83. The number of hydrogen-bond acceptors (Lipinski definition) is 7. The van der Waals surface area contributed by atoms with Crippen molar-refractivity contribution in [2.45, 2.75) is 65.3 Å². The van der Waals surface area contributed by atoms with Gasteiger partial charge in [0, 0.05) is 16.7 Å². The third-order valence-corrected chi connectivity index (χ3v) is 8.81.